The van der Waals surface area contributed by atoms with Gasteiger partial charge in [0.2, 0.25) is 0 Å². The van der Waals surface area contributed by atoms with Gasteiger partial charge in [0.25, 0.3) is 0 Å². The minimum absolute atomic E-state index is 0.0243. The molecule has 5 aromatic rings. The molecule has 0 saturated carbocycles. The minimum atomic E-state index is 0.0243. The van der Waals surface area contributed by atoms with E-state index in [0.29, 0.717) is 0 Å². The first-order chi connectivity index (χ1) is 22.3. The van der Waals surface area contributed by atoms with Crippen LogP contribution in [0.2, 0.25) is 0 Å². The quantitative estimate of drug-likeness (QED) is 0.207. The first-order valence-electron chi connectivity index (χ1n) is 17.6. The van der Waals surface area contributed by atoms with Crippen LogP contribution in [0.3, 0.4) is 0 Å². The molecule has 0 saturated heterocycles. The highest BCUT2D eigenvalue weighted by Gasteiger charge is 2.41. The van der Waals surface area contributed by atoms with Crippen molar-refractivity contribution in [3.63, 3.8) is 0 Å². The van der Waals surface area contributed by atoms with E-state index < -0.39 is 0 Å². The maximum atomic E-state index is 4.13. The van der Waals surface area contributed by atoms with Gasteiger partial charge in [-0.25, -0.2) is 0 Å². The Bertz CT molecular complexity index is 1940. The summed E-state index contributed by atoms with van der Waals surface area (Å²) in [6.07, 6.45) is 4.75. The number of hydrogen-bond donors (Lipinski definition) is 1. The van der Waals surface area contributed by atoms with Crippen LogP contribution in [0.1, 0.15) is 103 Å². The van der Waals surface area contributed by atoms with Crippen LogP contribution >= 0.6 is 0 Å². The molecule has 2 aliphatic carbocycles. The first kappa shape index (κ1) is 31.5. The number of hydrogen-bond acceptors (Lipinski definition) is 1. The van der Waals surface area contributed by atoms with Gasteiger partial charge >= 0.3 is 0 Å². The van der Waals surface area contributed by atoms with Crippen molar-refractivity contribution in [3.8, 4) is 33.4 Å². The Hall–Kier alpha value is -4.10. The fraction of sp³-hybridized carbons (Fsp3) is 0.348. The van der Waals surface area contributed by atoms with Crippen molar-refractivity contribution < 1.29 is 0 Å². The van der Waals surface area contributed by atoms with Crippen LogP contribution in [-0.4, -0.2) is 0 Å². The number of rotatable bonds is 5. The molecule has 0 amide bonds. The van der Waals surface area contributed by atoms with Crippen molar-refractivity contribution in [1.82, 2.24) is 0 Å². The molecule has 0 fully saturated rings. The van der Waals surface area contributed by atoms with Crippen molar-refractivity contribution in [2.75, 3.05) is 5.32 Å². The number of nitrogens with one attached hydrogen (secondary N) is 1. The third-order valence-corrected chi connectivity index (χ3v) is 11.6. The predicted octanol–water partition coefficient (Wildman–Crippen LogP) is 13.1. The Morgan fingerprint density at radius 3 is 1.62 bits per heavy atom. The predicted molar refractivity (Wildman–Crippen MR) is 203 cm³/mol. The van der Waals surface area contributed by atoms with Gasteiger partial charge in [0, 0.05) is 16.8 Å². The van der Waals surface area contributed by atoms with Gasteiger partial charge in [-0.3, -0.25) is 0 Å². The lowest BCUT2D eigenvalue weighted by atomic mass is 9.60. The average Bonchev–Trinajstić information content (AvgIpc) is 3.06. The van der Waals surface area contributed by atoms with Gasteiger partial charge in [0.1, 0.15) is 0 Å². The van der Waals surface area contributed by atoms with E-state index in [4.69, 9.17) is 0 Å². The standard InChI is InChI=1S/C46H51N/c1-43(2)24-25-44(3,4)38-29-35(22-23-37(38)43)47-42-36(32-18-13-10-14-19-32)30-39-41(46(7,8)27-26-45(39,5)6)40(42)34-21-15-20-33(28-34)31-16-11-9-12-17-31/h9-23,28-30,47H,24-27H2,1-8H3. The Balaban J connectivity index is 1.54. The Kier molecular flexibility index (Phi) is 7.55. The van der Waals surface area contributed by atoms with Crippen LogP contribution in [0.4, 0.5) is 11.4 Å². The second kappa shape index (κ2) is 11.3. The molecule has 0 atom stereocenters. The van der Waals surface area contributed by atoms with E-state index >= 15 is 0 Å². The van der Waals surface area contributed by atoms with E-state index in [1.165, 1.54) is 86.3 Å². The van der Waals surface area contributed by atoms with Gasteiger partial charge in [0.15, 0.2) is 0 Å². The molecule has 240 valence electrons. The van der Waals surface area contributed by atoms with Crippen LogP contribution in [0, 0.1) is 0 Å². The number of fused-ring (bicyclic) bond motifs is 2. The van der Waals surface area contributed by atoms with Crippen molar-refractivity contribution in [2.24, 2.45) is 0 Å². The number of benzene rings is 5. The molecule has 1 nitrogen and oxygen atoms in total. The zero-order valence-corrected chi connectivity index (χ0v) is 29.7. The Labute approximate surface area is 283 Å². The summed E-state index contributed by atoms with van der Waals surface area (Å²) in [5, 5.41) is 4.13. The maximum absolute atomic E-state index is 4.13. The molecule has 0 aliphatic heterocycles. The summed E-state index contributed by atoms with van der Waals surface area (Å²) in [5.41, 5.74) is 16.4. The lowest BCUT2D eigenvalue weighted by Crippen LogP contribution is -2.35. The lowest BCUT2D eigenvalue weighted by molar-refractivity contribution is 0.332. The molecule has 1 heteroatoms. The average molecular weight is 618 g/mol. The van der Waals surface area contributed by atoms with Gasteiger partial charge in [-0.05, 0) is 116 Å². The molecule has 1 N–H and O–H groups in total. The lowest BCUT2D eigenvalue weighted by Gasteiger charge is -2.44. The van der Waals surface area contributed by atoms with Crippen LogP contribution in [0.25, 0.3) is 33.4 Å². The molecule has 0 radical (unpaired) electrons. The fourth-order valence-electron chi connectivity index (χ4n) is 8.36. The molecular weight excluding hydrogens is 567 g/mol. The molecule has 0 bridgehead atoms. The van der Waals surface area contributed by atoms with Crippen molar-refractivity contribution >= 4 is 11.4 Å². The van der Waals surface area contributed by atoms with E-state index in [2.05, 4.69) is 170 Å². The monoisotopic (exact) mass is 617 g/mol. The molecule has 5 aromatic carbocycles. The van der Waals surface area contributed by atoms with Gasteiger partial charge < -0.3 is 5.32 Å². The van der Waals surface area contributed by atoms with Gasteiger partial charge in [-0.2, -0.15) is 0 Å². The fourth-order valence-corrected chi connectivity index (χ4v) is 8.36. The second-order valence-corrected chi connectivity index (χ2v) is 16.8. The van der Waals surface area contributed by atoms with E-state index in [9.17, 15) is 0 Å². The topological polar surface area (TPSA) is 12.0 Å². The van der Waals surface area contributed by atoms with E-state index in [1.54, 1.807) is 0 Å². The summed E-state index contributed by atoms with van der Waals surface area (Å²) in [6.45, 7) is 19.5. The third-order valence-electron chi connectivity index (χ3n) is 11.6. The largest absolute Gasteiger partial charge is 0.354 e. The SMILES string of the molecule is CC1(C)CCC(C)(C)c2cc(Nc3c(-c4ccccc4)cc4c(c3-c3cccc(-c5ccccc5)c3)C(C)(C)CCC4(C)C)ccc21. The van der Waals surface area contributed by atoms with E-state index in [-0.39, 0.29) is 21.7 Å². The zero-order chi connectivity index (χ0) is 33.2. The van der Waals surface area contributed by atoms with Crippen molar-refractivity contribution in [2.45, 2.75) is 103 Å². The Morgan fingerprint density at radius 2 is 0.957 bits per heavy atom. The summed E-state index contributed by atoms with van der Waals surface area (Å²) in [4.78, 5) is 0. The molecule has 47 heavy (non-hydrogen) atoms. The minimum Gasteiger partial charge on any atom is -0.354 e. The molecule has 7 rings (SSSR count). The second-order valence-electron chi connectivity index (χ2n) is 16.8. The highest BCUT2D eigenvalue weighted by molar-refractivity contribution is 5.97. The molecule has 2 aliphatic rings. The maximum Gasteiger partial charge on any atom is 0.0546 e. The van der Waals surface area contributed by atoms with E-state index in [1.807, 2.05) is 0 Å². The highest BCUT2D eigenvalue weighted by Crippen LogP contribution is 2.55. The summed E-state index contributed by atoms with van der Waals surface area (Å²) in [7, 11) is 0. The van der Waals surface area contributed by atoms with Crippen LogP contribution < -0.4 is 5.32 Å². The summed E-state index contributed by atoms with van der Waals surface area (Å²) < 4.78 is 0. The van der Waals surface area contributed by atoms with Gasteiger partial charge in [0.05, 0.1) is 5.69 Å². The molecular formula is C46H51N. The number of anilines is 2. The Morgan fingerprint density at radius 1 is 0.426 bits per heavy atom. The smallest absolute Gasteiger partial charge is 0.0546 e. The van der Waals surface area contributed by atoms with Crippen LogP contribution in [-0.2, 0) is 21.7 Å². The van der Waals surface area contributed by atoms with Crippen molar-refractivity contribution in [1.29, 1.82) is 0 Å². The molecule has 0 heterocycles. The zero-order valence-electron chi connectivity index (χ0n) is 29.7. The van der Waals surface area contributed by atoms with Crippen LogP contribution in [0.5, 0.6) is 0 Å². The van der Waals surface area contributed by atoms with Gasteiger partial charge in [-0.1, -0.05) is 140 Å². The van der Waals surface area contributed by atoms with E-state index in [0.717, 1.165) is 6.42 Å². The summed E-state index contributed by atoms with van der Waals surface area (Å²) in [5.74, 6) is 0. The van der Waals surface area contributed by atoms with Gasteiger partial charge in [-0.15, -0.1) is 0 Å². The molecule has 0 spiro atoms. The highest BCUT2D eigenvalue weighted by atomic mass is 14.9. The molecule has 0 aromatic heterocycles. The first-order valence-corrected chi connectivity index (χ1v) is 17.6. The third kappa shape index (κ3) is 5.62. The van der Waals surface area contributed by atoms with Crippen molar-refractivity contribution in [3.05, 3.63) is 131 Å². The normalized spacial score (nSPS) is 18.6. The summed E-state index contributed by atoms with van der Waals surface area (Å²) >= 11 is 0. The summed E-state index contributed by atoms with van der Waals surface area (Å²) in [6, 6.07) is 40.8. The van der Waals surface area contributed by atoms with Crippen LogP contribution in [0.15, 0.2) is 109 Å². The molecule has 0 unspecified atom stereocenters.